The number of hydrogen-bond donors (Lipinski definition) is 2. The fourth-order valence-electron chi connectivity index (χ4n) is 1.94. The number of thioether (sulfide) groups is 1. The third-order valence-electron chi connectivity index (χ3n) is 3.34. The largest absolute Gasteiger partial charge is 0.480 e. The van der Waals surface area contributed by atoms with Crippen LogP contribution in [0.5, 0.6) is 0 Å². The van der Waals surface area contributed by atoms with Crippen LogP contribution in [-0.2, 0) is 19.6 Å². The molecule has 2 N–H and O–H groups in total. The van der Waals surface area contributed by atoms with E-state index < -0.39 is 27.4 Å². The van der Waals surface area contributed by atoms with E-state index in [1.54, 1.807) is 11.8 Å². The van der Waals surface area contributed by atoms with E-state index in [0.29, 0.717) is 24.3 Å². The number of amides is 1. The number of aliphatic carboxylic acids is 1. The summed E-state index contributed by atoms with van der Waals surface area (Å²) in [6.07, 6.45) is 0.700. The molecule has 9 heteroatoms. The lowest BCUT2D eigenvalue weighted by Gasteiger charge is -2.34. The highest BCUT2D eigenvalue weighted by Crippen LogP contribution is 2.27. The van der Waals surface area contributed by atoms with Gasteiger partial charge in [-0.2, -0.15) is 16.1 Å². The highest BCUT2D eigenvalue weighted by atomic mass is 32.2. The minimum absolute atomic E-state index is 0.0997. The van der Waals surface area contributed by atoms with E-state index >= 15 is 0 Å². The Morgan fingerprint density at radius 2 is 1.90 bits per heavy atom. The molecule has 1 saturated heterocycles. The predicted molar refractivity (Wildman–Crippen MR) is 77.2 cm³/mol. The van der Waals surface area contributed by atoms with Crippen LogP contribution in [0.4, 0.5) is 0 Å². The van der Waals surface area contributed by atoms with E-state index in [4.69, 9.17) is 0 Å². The first-order chi connectivity index (χ1) is 9.23. The van der Waals surface area contributed by atoms with Gasteiger partial charge in [0.05, 0.1) is 12.3 Å². The minimum atomic E-state index is -3.45. The summed E-state index contributed by atoms with van der Waals surface area (Å²) in [5.74, 6) is -0.422. The van der Waals surface area contributed by atoms with Crippen LogP contribution in [-0.4, -0.2) is 66.1 Å². The zero-order chi connectivity index (χ0) is 15.4. The Bertz CT molecular complexity index is 471. The van der Waals surface area contributed by atoms with Crippen molar-refractivity contribution in [3.05, 3.63) is 0 Å². The summed E-state index contributed by atoms with van der Waals surface area (Å²) in [6.45, 7) is 1.12. The van der Waals surface area contributed by atoms with E-state index in [0.717, 1.165) is 4.31 Å². The van der Waals surface area contributed by atoms with Crippen molar-refractivity contribution in [2.24, 2.45) is 0 Å². The first kappa shape index (κ1) is 17.3. The Kier molecular flexibility index (Phi) is 5.84. The van der Waals surface area contributed by atoms with Gasteiger partial charge in [0.15, 0.2) is 0 Å². The number of carbonyl (C=O) groups is 2. The molecule has 1 aliphatic rings. The monoisotopic (exact) mass is 324 g/mol. The molecule has 0 atom stereocenters. The van der Waals surface area contributed by atoms with Crippen LogP contribution in [0.2, 0.25) is 0 Å². The summed E-state index contributed by atoms with van der Waals surface area (Å²) in [5.41, 5.74) is -1.26. The van der Waals surface area contributed by atoms with Crippen LogP contribution >= 0.6 is 11.8 Å². The van der Waals surface area contributed by atoms with Crippen molar-refractivity contribution >= 4 is 33.7 Å². The topological polar surface area (TPSA) is 104 Å². The molecule has 0 saturated carbocycles. The number of carbonyl (C=O) groups excluding carboxylic acids is 1. The zero-order valence-electron chi connectivity index (χ0n) is 11.6. The molecule has 1 rings (SSSR count). The van der Waals surface area contributed by atoms with Crippen molar-refractivity contribution < 1.29 is 23.1 Å². The molecule has 0 spiro atoms. The first-order valence-electron chi connectivity index (χ1n) is 6.29. The molecule has 116 valence electrons. The van der Waals surface area contributed by atoms with Crippen LogP contribution in [0.3, 0.4) is 0 Å². The van der Waals surface area contributed by atoms with E-state index in [1.165, 1.54) is 14.0 Å². The average Bonchev–Trinajstić information content (AvgIpc) is 2.39. The molecular formula is C11H20N2O5S2. The van der Waals surface area contributed by atoms with Gasteiger partial charge in [0.1, 0.15) is 5.54 Å². The van der Waals surface area contributed by atoms with Crippen molar-refractivity contribution in [3.63, 3.8) is 0 Å². The molecule has 0 radical (unpaired) electrons. The average molecular weight is 324 g/mol. The molecule has 0 aromatic carbocycles. The van der Waals surface area contributed by atoms with Crippen molar-refractivity contribution in [1.82, 2.24) is 9.62 Å². The van der Waals surface area contributed by atoms with Gasteiger partial charge >= 0.3 is 5.97 Å². The summed E-state index contributed by atoms with van der Waals surface area (Å²) >= 11 is 1.64. The maximum Gasteiger partial charge on any atom is 0.329 e. The fourth-order valence-corrected chi connectivity index (χ4v) is 3.88. The van der Waals surface area contributed by atoms with Gasteiger partial charge in [0.25, 0.3) is 0 Å². The molecule has 1 fully saturated rings. The number of carboxylic acids is 1. The molecule has 0 bridgehead atoms. The van der Waals surface area contributed by atoms with Gasteiger partial charge in [-0.1, -0.05) is 0 Å². The van der Waals surface area contributed by atoms with Crippen LogP contribution < -0.4 is 5.32 Å². The van der Waals surface area contributed by atoms with Crippen molar-refractivity contribution in [3.8, 4) is 0 Å². The lowest BCUT2D eigenvalue weighted by Crippen LogP contribution is -2.58. The van der Waals surface area contributed by atoms with E-state index in [9.17, 15) is 23.1 Å². The second kappa shape index (κ2) is 6.77. The number of nitrogens with zero attached hydrogens (tertiary/aromatic N) is 1. The van der Waals surface area contributed by atoms with E-state index in [2.05, 4.69) is 5.32 Å². The third kappa shape index (κ3) is 4.10. The lowest BCUT2D eigenvalue weighted by molar-refractivity contribution is -0.148. The molecule has 1 aliphatic heterocycles. The maximum absolute atomic E-state index is 11.9. The Balaban J connectivity index is 2.71. The molecule has 1 heterocycles. The van der Waals surface area contributed by atoms with Gasteiger partial charge in [-0.15, -0.1) is 0 Å². The van der Waals surface area contributed by atoms with Crippen LogP contribution in [0.15, 0.2) is 0 Å². The molecular weight excluding hydrogens is 304 g/mol. The van der Waals surface area contributed by atoms with Gasteiger partial charge in [-0.05, 0) is 31.3 Å². The highest BCUT2D eigenvalue weighted by Gasteiger charge is 2.41. The number of rotatable bonds is 6. The number of hydrogen-bond acceptors (Lipinski definition) is 5. The first-order valence-corrected chi connectivity index (χ1v) is 9.06. The van der Waals surface area contributed by atoms with Crippen molar-refractivity contribution in [1.29, 1.82) is 0 Å². The highest BCUT2D eigenvalue weighted by molar-refractivity contribution is 7.99. The van der Waals surface area contributed by atoms with Crippen molar-refractivity contribution in [2.75, 3.05) is 30.9 Å². The molecule has 1 amide bonds. The second-order valence-electron chi connectivity index (χ2n) is 4.70. The Morgan fingerprint density at radius 3 is 2.35 bits per heavy atom. The smallest absolute Gasteiger partial charge is 0.329 e. The third-order valence-corrected chi connectivity index (χ3v) is 6.13. The minimum Gasteiger partial charge on any atom is -0.480 e. The van der Waals surface area contributed by atoms with Crippen LogP contribution in [0.25, 0.3) is 0 Å². The molecule has 0 aromatic heterocycles. The lowest BCUT2D eigenvalue weighted by atomic mass is 9.92. The molecule has 7 nitrogen and oxygen atoms in total. The van der Waals surface area contributed by atoms with E-state index in [-0.39, 0.29) is 12.3 Å². The van der Waals surface area contributed by atoms with Gasteiger partial charge < -0.3 is 10.4 Å². The number of nitrogens with one attached hydrogen (secondary N) is 1. The Morgan fingerprint density at radius 1 is 1.35 bits per heavy atom. The summed E-state index contributed by atoms with van der Waals surface area (Å²) in [5, 5.41) is 11.8. The molecule has 20 heavy (non-hydrogen) atoms. The quantitative estimate of drug-likeness (QED) is 0.697. The SMILES string of the molecule is CCS(=O)(=O)N(C)CC(=O)NC1(C(=O)O)CCSCC1. The standard InChI is InChI=1S/C11H20N2O5S2/c1-3-20(17,18)13(2)8-9(14)12-11(10(15)16)4-6-19-7-5-11/h3-8H2,1-2H3,(H,12,14)(H,15,16). The summed E-state index contributed by atoms with van der Waals surface area (Å²) < 4.78 is 24.1. The fraction of sp³-hybridized carbons (Fsp3) is 0.818. The number of carboxylic acid groups (broad SMARTS) is 1. The number of sulfonamides is 1. The molecule has 0 unspecified atom stereocenters. The second-order valence-corrected chi connectivity index (χ2v) is 8.29. The normalized spacial score (nSPS) is 18.8. The molecule has 0 aromatic rings. The van der Waals surface area contributed by atoms with E-state index in [1.807, 2.05) is 0 Å². The van der Waals surface area contributed by atoms with Gasteiger partial charge in [0, 0.05) is 7.05 Å². The predicted octanol–water partition coefficient (Wildman–Crippen LogP) is -0.265. The van der Waals surface area contributed by atoms with Gasteiger partial charge in [-0.3, -0.25) is 4.79 Å². The number of likely N-dealkylation sites (N-methyl/N-ethyl adjacent to an activating group) is 1. The summed E-state index contributed by atoms with van der Waals surface area (Å²) in [7, 11) is -2.15. The van der Waals surface area contributed by atoms with Gasteiger partial charge in [-0.25, -0.2) is 13.2 Å². The van der Waals surface area contributed by atoms with Gasteiger partial charge in [0.2, 0.25) is 15.9 Å². The summed E-state index contributed by atoms with van der Waals surface area (Å²) in [4.78, 5) is 23.3. The summed E-state index contributed by atoms with van der Waals surface area (Å²) in [6, 6.07) is 0. The van der Waals surface area contributed by atoms with Crippen LogP contribution in [0, 0.1) is 0 Å². The van der Waals surface area contributed by atoms with Crippen molar-refractivity contribution in [2.45, 2.75) is 25.3 Å². The Labute approximate surface area is 123 Å². The molecule has 0 aliphatic carbocycles. The maximum atomic E-state index is 11.9. The zero-order valence-corrected chi connectivity index (χ0v) is 13.2. The Hall–Kier alpha value is -0.800. The van der Waals surface area contributed by atoms with Crippen LogP contribution in [0.1, 0.15) is 19.8 Å².